The summed E-state index contributed by atoms with van der Waals surface area (Å²) in [4.78, 5) is 2.57. The first-order chi connectivity index (χ1) is 14.3. The Labute approximate surface area is 168 Å². The van der Waals surface area contributed by atoms with Gasteiger partial charge in [0.1, 0.15) is 5.69 Å². The van der Waals surface area contributed by atoms with Crippen LogP contribution in [0.4, 0.5) is 11.4 Å². The van der Waals surface area contributed by atoms with Crippen LogP contribution >= 0.6 is 0 Å². The Kier molecular flexibility index (Phi) is 2.27. The molecule has 0 amide bonds. The van der Waals surface area contributed by atoms with E-state index in [-0.39, 0.29) is 6.98 Å². The molecular formula is C25H17BN3+. The van der Waals surface area contributed by atoms with E-state index in [0.29, 0.717) is 0 Å². The van der Waals surface area contributed by atoms with Crippen molar-refractivity contribution in [3.8, 4) is 11.3 Å². The van der Waals surface area contributed by atoms with Crippen LogP contribution in [0.5, 0.6) is 0 Å². The topological polar surface area (TPSA) is 12.1 Å². The number of pyridine rings is 1. The van der Waals surface area contributed by atoms with Crippen molar-refractivity contribution >= 4 is 45.6 Å². The van der Waals surface area contributed by atoms with Gasteiger partial charge in [-0.25, -0.2) is 0 Å². The molecular weight excluding hydrogens is 353 g/mol. The quantitative estimate of drug-likeness (QED) is 0.289. The fourth-order valence-electron chi connectivity index (χ4n) is 6.10. The van der Waals surface area contributed by atoms with E-state index < -0.39 is 0 Å². The van der Waals surface area contributed by atoms with Gasteiger partial charge in [0, 0.05) is 27.9 Å². The van der Waals surface area contributed by atoms with Crippen LogP contribution in [0.2, 0.25) is 0 Å². The molecule has 4 heteroatoms. The third-order valence-corrected chi connectivity index (χ3v) is 7.02. The molecule has 0 saturated carbocycles. The number of rotatable bonds is 0. The van der Waals surface area contributed by atoms with Crippen molar-refractivity contribution in [1.82, 2.24) is 4.48 Å². The average molecular weight is 370 g/mol. The lowest BCUT2D eigenvalue weighted by molar-refractivity contribution is -0.671. The molecule has 0 bridgehead atoms. The Bertz CT molecular complexity index is 1560. The Balaban J connectivity index is 1.62. The third-order valence-electron chi connectivity index (χ3n) is 7.02. The Morgan fingerprint density at radius 1 is 0.897 bits per heavy atom. The van der Waals surface area contributed by atoms with Crippen molar-refractivity contribution in [1.29, 1.82) is 0 Å². The number of hydrogen-bond donors (Lipinski definition) is 0. The highest BCUT2D eigenvalue weighted by Crippen LogP contribution is 2.49. The Morgan fingerprint density at radius 2 is 1.76 bits per heavy atom. The lowest BCUT2D eigenvalue weighted by Gasteiger charge is -2.31. The molecule has 5 heterocycles. The van der Waals surface area contributed by atoms with Gasteiger partial charge in [-0.1, -0.05) is 42.0 Å². The zero-order valence-electron chi connectivity index (χ0n) is 16.1. The molecule has 5 aromatic rings. The number of benzene rings is 3. The van der Waals surface area contributed by atoms with Gasteiger partial charge in [-0.05, 0) is 36.7 Å². The molecule has 3 aliphatic rings. The SMILES string of the molecule is Cc1cc2c3c(c1)B1N(c4ccc[n+](c4-3)C2)c2cccc3c4ccccc4n1c23. The maximum absolute atomic E-state index is 2.58. The standard InChI is InChI=1S/C25H17BN3/c1-15-12-16-14-27-11-5-10-22-25(27)23(16)19(13-15)26-28(22)21-9-4-7-18-17-6-2-3-8-20(17)29(26)24(18)21/h2-13H,14H2,1H3/q+1. The number of hydrogen-bond acceptors (Lipinski definition) is 1. The van der Waals surface area contributed by atoms with E-state index in [4.69, 9.17) is 0 Å². The van der Waals surface area contributed by atoms with Gasteiger partial charge in [0.05, 0.1) is 16.8 Å². The van der Waals surface area contributed by atoms with Crippen molar-refractivity contribution in [2.45, 2.75) is 13.5 Å². The molecule has 3 aliphatic heterocycles. The lowest BCUT2D eigenvalue weighted by Crippen LogP contribution is -2.53. The molecule has 0 atom stereocenters. The molecule has 0 unspecified atom stereocenters. The van der Waals surface area contributed by atoms with Crippen LogP contribution in [0.3, 0.4) is 0 Å². The first kappa shape index (κ1) is 14.5. The summed E-state index contributed by atoms with van der Waals surface area (Å²) in [5.74, 6) is 0. The average Bonchev–Trinajstić information content (AvgIpc) is 3.39. The predicted octanol–water partition coefficient (Wildman–Crippen LogP) is 4.13. The first-order valence-corrected chi connectivity index (χ1v) is 10.3. The largest absolute Gasteiger partial charge is 0.421 e. The Morgan fingerprint density at radius 3 is 2.72 bits per heavy atom. The molecule has 0 aliphatic carbocycles. The van der Waals surface area contributed by atoms with E-state index in [2.05, 4.69) is 93.7 Å². The highest BCUT2D eigenvalue weighted by molar-refractivity contribution is 6.82. The molecule has 3 aromatic carbocycles. The van der Waals surface area contributed by atoms with Gasteiger partial charge >= 0.3 is 6.98 Å². The molecule has 2 aromatic heterocycles. The molecule has 3 nitrogen and oxygen atoms in total. The fourth-order valence-corrected chi connectivity index (χ4v) is 6.10. The number of aryl methyl sites for hydroxylation is 1. The molecule has 0 spiro atoms. The number of para-hydroxylation sites is 2. The van der Waals surface area contributed by atoms with Gasteiger partial charge in [-0.3, -0.25) is 0 Å². The van der Waals surface area contributed by atoms with Crippen LogP contribution in [-0.4, -0.2) is 11.5 Å². The van der Waals surface area contributed by atoms with Gasteiger partial charge in [0.25, 0.3) is 0 Å². The minimum absolute atomic E-state index is 0.171. The zero-order chi connectivity index (χ0) is 18.9. The molecule has 0 fully saturated rings. The van der Waals surface area contributed by atoms with E-state index >= 15 is 0 Å². The van der Waals surface area contributed by atoms with Crippen molar-refractivity contribution < 1.29 is 4.57 Å². The normalized spacial score (nSPS) is 14.8. The number of fused-ring (bicyclic) bond motifs is 8. The fraction of sp³-hybridized carbons (Fsp3) is 0.0800. The van der Waals surface area contributed by atoms with Gasteiger partial charge in [0.2, 0.25) is 5.69 Å². The van der Waals surface area contributed by atoms with Crippen LogP contribution in [0.25, 0.3) is 33.1 Å². The summed E-state index contributed by atoms with van der Waals surface area (Å²) in [6.45, 7) is 3.37. The van der Waals surface area contributed by atoms with E-state index in [9.17, 15) is 0 Å². The maximum Gasteiger partial charge on any atom is 0.421 e. The van der Waals surface area contributed by atoms with Gasteiger partial charge in [0.15, 0.2) is 12.7 Å². The third kappa shape index (κ3) is 1.48. The number of aromatic nitrogens is 2. The van der Waals surface area contributed by atoms with Crippen molar-refractivity contribution in [2.24, 2.45) is 0 Å². The molecule has 8 rings (SSSR count). The van der Waals surface area contributed by atoms with Gasteiger partial charge in [-0.15, -0.1) is 0 Å². The molecule has 0 radical (unpaired) electrons. The van der Waals surface area contributed by atoms with Crippen molar-refractivity contribution in [3.63, 3.8) is 0 Å². The number of nitrogens with zero attached hydrogens (tertiary/aromatic N) is 3. The second kappa shape index (κ2) is 4.55. The summed E-state index contributed by atoms with van der Waals surface area (Å²) < 4.78 is 5.00. The summed E-state index contributed by atoms with van der Waals surface area (Å²) in [6.07, 6.45) is 2.23. The van der Waals surface area contributed by atoms with Gasteiger partial charge in [-0.2, -0.15) is 4.57 Å². The first-order valence-electron chi connectivity index (χ1n) is 10.3. The van der Waals surface area contributed by atoms with E-state index in [1.165, 1.54) is 61.0 Å². The van der Waals surface area contributed by atoms with Gasteiger partial charge < -0.3 is 9.29 Å². The predicted molar refractivity (Wildman–Crippen MR) is 118 cm³/mol. The van der Waals surface area contributed by atoms with E-state index in [1.807, 2.05) is 0 Å². The minimum Gasteiger partial charge on any atom is -0.359 e. The number of anilines is 2. The summed E-state index contributed by atoms with van der Waals surface area (Å²) in [7, 11) is 0. The van der Waals surface area contributed by atoms with E-state index in [0.717, 1.165) is 6.54 Å². The van der Waals surface area contributed by atoms with Crippen molar-refractivity contribution in [2.75, 3.05) is 4.81 Å². The summed E-state index contributed by atoms with van der Waals surface area (Å²) >= 11 is 0. The van der Waals surface area contributed by atoms with Crippen LogP contribution < -0.4 is 14.8 Å². The van der Waals surface area contributed by atoms with Crippen LogP contribution in [-0.2, 0) is 6.54 Å². The second-order valence-electron chi connectivity index (χ2n) is 8.56. The van der Waals surface area contributed by atoms with Crippen LogP contribution in [0, 0.1) is 6.92 Å². The van der Waals surface area contributed by atoms with Crippen molar-refractivity contribution in [3.05, 3.63) is 84.1 Å². The zero-order valence-corrected chi connectivity index (χ0v) is 16.1. The smallest absolute Gasteiger partial charge is 0.359 e. The highest BCUT2D eigenvalue weighted by Gasteiger charge is 2.50. The second-order valence-corrected chi connectivity index (χ2v) is 8.56. The molecule has 29 heavy (non-hydrogen) atoms. The van der Waals surface area contributed by atoms with E-state index in [1.54, 1.807) is 0 Å². The van der Waals surface area contributed by atoms with Crippen LogP contribution in [0.15, 0.2) is 72.9 Å². The maximum atomic E-state index is 2.58. The summed E-state index contributed by atoms with van der Waals surface area (Å²) in [5.41, 5.74) is 12.4. The lowest BCUT2D eigenvalue weighted by atomic mass is 9.60. The summed E-state index contributed by atoms with van der Waals surface area (Å²) in [5, 5.41) is 2.70. The van der Waals surface area contributed by atoms with Crippen LogP contribution in [0.1, 0.15) is 11.1 Å². The monoisotopic (exact) mass is 370 g/mol. The Hall–Kier alpha value is -3.53. The minimum atomic E-state index is 0.171. The summed E-state index contributed by atoms with van der Waals surface area (Å²) in [6, 6.07) is 24.9. The highest BCUT2D eigenvalue weighted by atomic mass is 15.2. The molecule has 0 saturated heterocycles. The molecule has 0 N–H and O–H groups in total. The molecule has 134 valence electrons.